The molecule has 4 nitrogen and oxygen atoms in total. The van der Waals surface area contributed by atoms with Crippen LogP contribution in [-0.4, -0.2) is 16.7 Å². The van der Waals surface area contributed by atoms with Crippen molar-refractivity contribution in [1.29, 1.82) is 0 Å². The number of aryl methyl sites for hydroxylation is 1. The summed E-state index contributed by atoms with van der Waals surface area (Å²) in [7, 11) is 1.60. The minimum Gasteiger partial charge on any atom is -0.495 e. The van der Waals surface area contributed by atoms with Gasteiger partial charge in [-0.15, -0.1) is 0 Å². The Bertz CT molecular complexity index is 1240. The molecule has 0 unspecified atom stereocenters. The maximum absolute atomic E-state index is 13.3. The van der Waals surface area contributed by atoms with Crippen LogP contribution in [0.15, 0.2) is 77.6 Å². The van der Waals surface area contributed by atoms with Crippen LogP contribution in [0.2, 0.25) is 0 Å². The molecule has 4 rings (SSSR count). The Labute approximate surface area is 163 Å². The van der Waals surface area contributed by atoms with Gasteiger partial charge in [0.25, 0.3) is 5.56 Å². The number of ether oxygens (including phenoxy) is 1. The predicted octanol–water partition coefficient (Wildman–Crippen LogP) is 4.87. The van der Waals surface area contributed by atoms with Crippen molar-refractivity contribution in [1.82, 2.24) is 9.55 Å². The Morgan fingerprint density at radius 2 is 1.61 bits per heavy atom. The Hall–Kier alpha value is -3.66. The lowest BCUT2D eigenvalue weighted by molar-refractivity contribution is 0.412. The van der Waals surface area contributed by atoms with E-state index in [4.69, 9.17) is 9.72 Å². The molecule has 0 fully saturated rings. The lowest BCUT2D eigenvalue weighted by Crippen LogP contribution is -2.22. The normalized spacial score (nSPS) is 11.2. The molecule has 0 saturated heterocycles. The molecule has 0 atom stereocenters. The maximum Gasteiger partial charge on any atom is 0.266 e. The molecule has 3 aromatic carbocycles. The Morgan fingerprint density at radius 3 is 2.43 bits per heavy atom. The fourth-order valence-corrected chi connectivity index (χ4v) is 3.25. The molecule has 0 spiro atoms. The van der Waals surface area contributed by atoms with Gasteiger partial charge in [0.1, 0.15) is 11.6 Å². The summed E-state index contributed by atoms with van der Waals surface area (Å²) in [6, 6.07) is 22.9. The van der Waals surface area contributed by atoms with E-state index in [0.29, 0.717) is 28.2 Å². The standard InChI is InChI=1S/C24H20N2O2/c1-17-9-3-4-10-18(17)15-16-23-25-20-12-6-5-11-19(20)24(27)26(23)21-13-7-8-14-22(21)28-2/h3-16H,1-2H3/b16-15+. The van der Waals surface area contributed by atoms with Crippen molar-refractivity contribution in [3.63, 3.8) is 0 Å². The van der Waals surface area contributed by atoms with Crippen LogP contribution in [0.1, 0.15) is 17.0 Å². The number of rotatable bonds is 4. The van der Waals surface area contributed by atoms with Crippen LogP contribution >= 0.6 is 0 Å². The first-order valence-electron chi connectivity index (χ1n) is 9.08. The molecular weight excluding hydrogens is 348 g/mol. The van der Waals surface area contributed by atoms with Gasteiger partial charge in [0.15, 0.2) is 0 Å². The third-order valence-electron chi connectivity index (χ3n) is 4.73. The van der Waals surface area contributed by atoms with E-state index in [2.05, 4.69) is 13.0 Å². The lowest BCUT2D eigenvalue weighted by atomic mass is 10.1. The van der Waals surface area contributed by atoms with E-state index in [-0.39, 0.29) is 5.56 Å². The molecule has 0 aliphatic heterocycles. The first kappa shape index (κ1) is 17.7. The Balaban J connectivity index is 1.99. The van der Waals surface area contributed by atoms with Gasteiger partial charge in [-0.1, -0.05) is 54.6 Å². The number of methoxy groups -OCH3 is 1. The first-order valence-corrected chi connectivity index (χ1v) is 9.08. The van der Waals surface area contributed by atoms with E-state index < -0.39 is 0 Å². The van der Waals surface area contributed by atoms with Crippen LogP contribution in [-0.2, 0) is 0 Å². The molecule has 0 aliphatic carbocycles. The Kier molecular flexibility index (Phi) is 4.77. The highest BCUT2D eigenvalue weighted by molar-refractivity contribution is 5.80. The highest BCUT2D eigenvalue weighted by Gasteiger charge is 2.14. The molecule has 28 heavy (non-hydrogen) atoms. The van der Waals surface area contributed by atoms with Gasteiger partial charge in [-0.2, -0.15) is 0 Å². The first-order chi connectivity index (χ1) is 13.7. The highest BCUT2D eigenvalue weighted by atomic mass is 16.5. The van der Waals surface area contributed by atoms with Crippen molar-refractivity contribution < 1.29 is 4.74 Å². The lowest BCUT2D eigenvalue weighted by Gasteiger charge is -2.14. The monoisotopic (exact) mass is 368 g/mol. The number of hydrogen-bond acceptors (Lipinski definition) is 3. The molecule has 0 saturated carbocycles. The molecule has 0 bridgehead atoms. The zero-order chi connectivity index (χ0) is 19.5. The summed E-state index contributed by atoms with van der Waals surface area (Å²) in [5, 5.41) is 0.571. The molecule has 0 radical (unpaired) electrons. The second kappa shape index (κ2) is 7.53. The number of nitrogens with zero attached hydrogens (tertiary/aromatic N) is 2. The molecule has 0 amide bonds. The van der Waals surface area contributed by atoms with E-state index in [1.165, 1.54) is 0 Å². The average Bonchev–Trinajstić information content (AvgIpc) is 2.73. The predicted molar refractivity (Wildman–Crippen MR) is 114 cm³/mol. The largest absolute Gasteiger partial charge is 0.495 e. The summed E-state index contributed by atoms with van der Waals surface area (Å²) in [6.07, 6.45) is 3.86. The molecule has 4 aromatic rings. The second-order valence-electron chi connectivity index (χ2n) is 6.49. The van der Waals surface area contributed by atoms with E-state index >= 15 is 0 Å². The zero-order valence-corrected chi connectivity index (χ0v) is 15.8. The molecule has 138 valence electrons. The highest BCUT2D eigenvalue weighted by Crippen LogP contribution is 2.24. The smallest absolute Gasteiger partial charge is 0.266 e. The number of hydrogen-bond donors (Lipinski definition) is 0. The average molecular weight is 368 g/mol. The summed E-state index contributed by atoms with van der Waals surface area (Å²) in [5.41, 5.74) is 3.45. The summed E-state index contributed by atoms with van der Waals surface area (Å²) in [5.74, 6) is 1.17. The van der Waals surface area contributed by atoms with Crippen molar-refractivity contribution in [2.24, 2.45) is 0 Å². The minimum atomic E-state index is -0.125. The van der Waals surface area contributed by atoms with Crippen LogP contribution in [0, 0.1) is 6.92 Å². The van der Waals surface area contributed by atoms with E-state index in [1.807, 2.05) is 72.8 Å². The maximum atomic E-state index is 13.3. The van der Waals surface area contributed by atoms with Crippen LogP contribution in [0.3, 0.4) is 0 Å². The Morgan fingerprint density at radius 1 is 0.893 bits per heavy atom. The van der Waals surface area contributed by atoms with Crippen molar-refractivity contribution in [2.45, 2.75) is 6.92 Å². The zero-order valence-electron chi connectivity index (χ0n) is 15.8. The van der Waals surface area contributed by atoms with Gasteiger partial charge < -0.3 is 4.74 Å². The molecule has 1 heterocycles. The van der Waals surface area contributed by atoms with Gasteiger partial charge in [0.05, 0.1) is 23.7 Å². The summed E-state index contributed by atoms with van der Waals surface area (Å²) in [6.45, 7) is 2.06. The SMILES string of the molecule is COc1ccccc1-n1c(/C=C/c2ccccc2C)nc2ccccc2c1=O. The van der Waals surface area contributed by atoms with Gasteiger partial charge in [-0.25, -0.2) is 4.98 Å². The number of aromatic nitrogens is 2. The van der Waals surface area contributed by atoms with Crippen LogP contribution in [0.4, 0.5) is 0 Å². The van der Waals surface area contributed by atoms with Crippen molar-refractivity contribution in [3.8, 4) is 11.4 Å². The molecule has 0 aliphatic rings. The summed E-state index contributed by atoms with van der Waals surface area (Å²) in [4.78, 5) is 18.1. The van der Waals surface area contributed by atoms with Crippen LogP contribution in [0.25, 0.3) is 28.7 Å². The number of para-hydroxylation sites is 3. The van der Waals surface area contributed by atoms with Crippen LogP contribution in [0.5, 0.6) is 5.75 Å². The fraction of sp³-hybridized carbons (Fsp3) is 0.0833. The third-order valence-corrected chi connectivity index (χ3v) is 4.73. The topological polar surface area (TPSA) is 44.1 Å². The van der Waals surface area contributed by atoms with Crippen molar-refractivity contribution >= 4 is 23.1 Å². The van der Waals surface area contributed by atoms with Crippen molar-refractivity contribution in [2.75, 3.05) is 7.11 Å². The summed E-state index contributed by atoms with van der Waals surface area (Å²) >= 11 is 0. The second-order valence-corrected chi connectivity index (χ2v) is 6.49. The third kappa shape index (κ3) is 3.21. The van der Waals surface area contributed by atoms with Gasteiger partial charge in [0, 0.05) is 0 Å². The van der Waals surface area contributed by atoms with Gasteiger partial charge in [-0.3, -0.25) is 9.36 Å². The van der Waals surface area contributed by atoms with E-state index in [9.17, 15) is 4.79 Å². The minimum absolute atomic E-state index is 0.125. The number of fused-ring (bicyclic) bond motifs is 1. The molecular formula is C24H20N2O2. The van der Waals surface area contributed by atoms with Gasteiger partial charge >= 0.3 is 0 Å². The molecule has 4 heteroatoms. The van der Waals surface area contributed by atoms with Crippen LogP contribution < -0.4 is 10.3 Å². The van der Waals surface area contributed by atoms with Crippen molar-refractivity contribution in [3.05, 3.63) is 100 Å². The fourth-order valence-electron chi connectivity index (χ4n) is 3.25. The number of benzene rings is 3. The molecule has 1 aromatic heterocycles. The molecule has 0 N–H and O–H groups in total. The quantitative estimate of drug-likeness (QED) is 0.516. The van der Waals surface area contributed by atoms with E-state index in [0.717, 1.165) is 11.1 Å². The van der Waals surface area contributed by atoms with Gasteiger partial charge in [0.2, 0.25) is 0 Å². The van der Waals surface area contributed by atoms with Gasteiger partial charge in [-0.05, 0) is 48.4 Å². The summed E-state index contributed by atoms with van der Waals surface area (Å²) < 4.78 is 7.10. The van der Waals surface area contributed by atoms with E-state index in [1.54, 1.807) is 17.7 Å².